The fourth-order valence-electron chi connectivity index (χ4n) is 4.37. The van der Waals surface area contributed by atoms with Crippen LogP contribution in [0.4, 0.5) is 0 Å². The zero-order valence-corrected chi connectivity index (χ0v) is 14.8. The van der Waals surface area contributed by atoms with Gasteiger partial charge in [0.2, 0.25) is 0 Å². The van der Waals surface area contributed by atoms with Crippen LogP contribution in [0.25, 0.3) is 0 Å². The summed E-state index contributed by atoms with van der Waals surface area (Å²) in [6.07, 6.45) is 5.69. The summed E-state index contributed by atoms with van der Waals surface area (Å²) in [4.78, 5) is 5.05. The van der Waals surface area contributed by atoms with Crippen LogP contribution in [0.3, 0.4) is 0 Å². The molecule has 0 spiro atoms. The SMILES string of the molecule is CCC(C)(C)C1CCC(O)C(N2CCCN(C)CC2C)C1. The van der Waals surface area contributed by atoms with E-state index in [1.165, 1.54) is 32.2 Å². The first-order chi connectivity index (χ1) is 9.85. The Morgan fingerprint density at radius 3 is 2.57 bits per heavy atom. The average molecular weight is 296 g/mol. The van der Waals surface area contributed by atoms with Crippen molar-refractivity contribution < 1.29 is 5.11 Å². The van der Waals surface area contributed by atoms with E-state index in [1.807, 2.05) is 0 Å². The van der Waals surface area contributed by atoms with E-state index in [1.54, 1.807) is 0 Å². The Morgan fingerprint density at radius 1 is 1.19 bits per heavy atom. The predicted octanol–water partition coefficient (Wildman–Crippen LogP) is 2.98. The third-order valence-corrected chi connectivity index (χ3v) is 6.32. The molecule has 0 aromatic rings. The van der Waals surface area contributed by atoms with Gasteiger partial charge in [0.25, 0.3) is 0 Å². The number of nitrogens with zero attached hydrogens (tertiary/aromatic N) is 2. The monoisotopic (exact) mass is 296 g/mol. The van der Waals surface area contributed by atoms with Gasteiger partial charge >= 0.3 is 0 Å². The van der Waals surface area contributed by atoms with E-state index in [2.05, 4.69) is 44.5 Å². The van der Waals surface area contributed by atoms with E-state index in [0.29, 0.717) is 17.5 Å². The maximum absolute atomic E-state index is 10.6. The molecule has 1 heterocycles. The smallest absolute Gasteiger partial charge is 0.0695 e. The highest BCUT2D eigenvalue weighted by atomic mass is 16.3. The molecule has 1 saturated carbocycles. The van der Waals surface area contributed by atoms with Crippen molar-refractivity contribution in [3.05, 3.63) is 0 Å². The number of aliphatic hydroxyl groups is 1. The second kappa shape index (κ2) is 6.97. The molecule has 1 aliphatic carbocycles. The van der Waals surface area contributed by atoms with E-state index in [9.17, 15) is 5.11 Å². The van der Waals surface area contributed by atoms with Gasteiger partial charge in [-0.2, -0.15) is 0 Å². The van der Waals surface area contributed by atoms with Crippen molar-refractivity contribution in [3.8, 4) is 0 Å². The van der Waals surface area contributed by atoms with Gasteiger partial charge in [0.05, 0.1) is 6.10 Å². The first kappa shape index (κ1) is 17.2. The second-order valence-corrected chi connectivity index (χ2v) is 8.19. The Bertz CT molecular complexity index is 331. The topological polar surface area (TPSA) is 26.7 Å². The summed E-state index contributed by atoms with van der Waals surface area (Å²) in [5, 5.41) is 10.6. The van der Waals surface area contributed by atoms with Crippen LogP contribution in [0, 0.1) is 11.3 Å². The molecular weight excluding hydrogens is 260 g/mol. The van der Waals surface area contributed by atoms with Crippen LogP contribution < -0.4 is 0 Å². The molecule has 4 unspecified atom stereocenters. The average Bonchev–Trinajstić information content (AvgIpc) is 2.60. The minimum absolute atomic E-state index is 0.125. The summed E-state index contributed by atoms with van der Waals surface area (Å²) in [5.41, 5.74) is 0.407. The van der Waals surface area contributed by atoms with Crippen LogP contribution in [0.5, 0.6) is 0 Å². The summed E-state index contributed by atoms with van der Waals surface area (Å²) in [7, 11) is 2.22. The molecule has 21 heavy (non-hydrogen) atoms. The third-order valence-electron chi connectivity index (χ3n) is 6.32. The number of hydrogen-bond acceptors (Lipinski definition) is 3. The van der Waals surface area contributed by atoms with Gasteiger partial charge in [-0.3, -0.25) is 4.90 Å². The fourth-order valence-corrected chi connectivity index (χ4v) is 4.37. The van der Waals surface area contributed by atoms with Gasteiger partial charge in [0.15, 0.2) is 0 Å². The Kier molecular flexibility index (Phi) is 5.72. The molecule has 0 radical (unpaired) electrons. The van der Waals surface area contributed by atoms with E-state index in [4.69, 9.17) is 0 Å². The van der Waals surface area contributed by atoms with Crippen LogP contribution in [-0.4, -0.2) is 59.8 Å². The largest absolute Gasteiger partial charge is 0.391 e. The molecule has 4 atom stereocenters. The zero-order chi connectivity index (χ0) is 15.6. The van der Waals surface area contributed by atoms with Crippen LogP contribution in [0.1, 0.15) is 59.8 Å². The molecule has 3 heteroatoms. The summed E-state index contributed by atoms with van der Waals surface area (Å²) >= 11 is 0. The highest BCUT2D eigenvalue weighted by Crippen LogP contribution is 2.42. The second-order valence-electron chi connectivity index (χ2n) is 8.19. The Balaban J connectivity index is 2.09. The van der Waals surface area contributed by atoms with E-state index in [0.717, 1.165) is 25.4 Å². The minimum atomic E-state index is -0.125. The standard InChI is InChI=1S/C18H36N2O/c1-6-18(3,4)15-8-9-17(21)16(12-15)20-11-7-10-19(5)13-14(20)2/h14-17,21H,6-13H2,1-5H3. The first-order valence-corrected chi connectivity index (χ1v) is 8.97. The summed E-state index contributed by atoms with van der Waals surface area (Å²) in [5.74, 6) is 0.754. The Hall–Kier alpha value is -0.120. The molecule has 0 amide bonds. The lowest BCUT2D eigenvalue weighted by molar-refractivity contribution is -0.0329. The van der Waals surface area contributed by atoms with Gasteiger partial charge < -0.3 is 10.0 Å². The molecule has 2 fully saturated rings. The summed E-state index contributed by atoms with van der Waals surface area (Å²) in [6, 6.07) is 0.928. The van der Waals surface area contributed by atoms with Crippen molar-refractivity contribution in [3.63, 3.8) is 0 Å². The normalized spacial score (nSPS) is 37.4. The molecule has 0 bridgehead atoms. The lowest BCUT2D eigenvalue weighted by Crippen LogP contribution is -2.53. The van der Waals surface area contributed by atoms with Crippen LogP contribution in [-0.2, 0) is 0 Å². The van der Waals surface area contributed by atoms with Crippen molar-refractivity contribution in [1.29, 1.82) is 0 Å². The number of rotatable bonds is 3. The molecule has 1 saturated heterocycles. The maximum atomic E-state index is 10.6. The molecular formula is C18H36N2O. The van der Waals surface area contributed by atoms with Crippen molar-refractivity contribution in [2.75, 3.05) is 26.7 Å². The third kappa shape index (κ3) is 4.00. The molecule has 3 nitrogen and oxygen atoms in total. The lowest BCUT2D eigenvalue weighted by atomic mass is 9.67. The van der Waals surface area contributed by atoms with Crippen LogP contribution >= 0.6 is 0 Å². The summed E-state index contributed by atoms with van der Waals surface area (Å²) in [6.45, 7) is 12.9. The van der Waals surface area contributed by atoms with E-state index < -0.39 is 0 Å². The lowest BCUT2D eigenvalue weighted by Gasteiger charge is -2.47. The molecule has 1 aliphatic heterocycles. The van der Waals surface area contributed by atoms with Crippen molar-refractivity contribution >= 4 is 0 Å². The van der Waals surface area contributed by atoms with E-state index >= 15 is 0 Å². The van der Waals surface area contributed by atoms with Gasteiger partial charge in [0.1, 0.15) is 0 Å². The quantitative estimate of drug-likeness (QED) is 0.867. The van der Waals surface area contributed by atoms with E-state index in [-0.39, 0.29) is 6.10 Å². The van der Waals surface area contributed by atoms with Crippen LogP contribution in [0.15, 0.2) is 0 Å². The molecule has 1 N–H and O–H groups in total. The van der Waals surface area contributed by atoms with Gasteiger partial charge in [-0.25, -0.2) is 0 Å². The number of hydrogen-bond donors (Lipinski definition) is 1. The van der Waals surface area contributed by atoms with Crippen molar-refractivity contribution in [2.24, 2.45) is 11.3 Å². The number of aliphatic hydroxyl groups excluding tert-OH is 1. The highest BCUT2D eigenvalue weighted by molar-refractivity contribution is 4.94. The Labute approximate surface area is 131 Å². The van der Waals surface area contributed by atoms with Gasteiger partial charge in [0, 0.05) is 25.2 Å². The zero-order valence-electron chi connectivity index (χ0n) is 14.8. The predicted molar refractivity (Wildman–Crippen MR) is 89.5 cm³/mol. The molecule has 0 aromatic heterocycles. The van der Waals surface area contributed by atoms with Gasteiger partial charge in [-0.1, -0.05) is 27.2 Å². The molecule has 0 aromatic carbocycles. The molecule has 2 aliphatic rings. The number of likely N-dealkylation sites (N-methyl/N-ethyl adjacent to an activating group) is 1. The van der Waals surface area contributed by atoms with Gasteiger partial charge in [-0.05, 0) is 57.5 Å². The molecule has 2 rings (SSSR count). The fraction of sp³-hybridized carbons (Fsp3) is 1.00. The van der Waals surface area contributed by atoms with Crippen molar-refractivity contribution in [1.82, 2.24) is 9.80 Å². The van der Waals surface area contributed by atoms with Gasteiger partial charge in [-0.15, -0.1) is 0 Å². The van der Waals surface area contributed by atoms with Crippen molar-refractivity contribution in [2.45, 2.75) is 78.0 Å². The minimum Gasteiger partial charge on any atom is -0.391 e. The Morgan fingerprint density at radius 2 is 1.90 bits per heavy atom. The van der Waals surface area contributed by atoms with Crippen LogP contribution in [0.2, 0.25) is 0 Å². The maximum Gasteiger partial charge on any atom is 0.0695 e. The summed E-state index contributed by atoms with van der Waals surface area (Å²) < 4.78 is 0. The first-order valence-electron chi connectivity index (χ1n) is 8.97. The highest BCUT2D eigenvalue weighted by Gasteiger charge is 2.40. The molecule has 124 valence electrons.